The van der Waals surface area contributed by atoms with Gasteiger partial charge in [0.2, 0.25) is 10.0 Å². The maximum Gasteiger partial charge on any atom is 0.319 e. The standard InChI is InChI=1S/C30H55N3O9S.3C2H6/c1-20-17-22(31(5)6)26(35)27(41-20)42-25-18-24(34)29(2,3)28(36)40-19-23(32(7)14-10-13-30(25,4)39-8)21-11-15-33(16-12-21)43(9,37)38;3*1-2/h20-23,25-27,35H,10-19H2,1-9H3;3*1-2H3/t20?,22?,23?,25-,26-,27?,30-;;;/m1.../s1. The second kappa shape index (κ2) is 22.0. The fourth-order valence-electron chi connectivity index (χ4n) is 6.56. The molecule has 7 atom stereocenters. The summed E-state index contributed by atoms with van der Waals surface area (Å²) in [6, 6.07) is -0.317. The number of carbonyl (C=O) groups excluding carboxylic acids is 2. The molecular weight excluding hydrogens is 650 g/mol. The van der Waals surface area contributed by atoms with Crippen molar-refractivity contribution in [3.8, 4) is 0 Å². The first-order valence-electron chi connectivity index (χ1n) is 18.5. The molecule has 49 heavy (non-hydrogen) atoms. The number of cyclic esters (lactones) is 1. The predicted molar refractivity (Wildman–Crippen MR) is 196 cm³/mol. The van der Waals surface area contributed by atoms with Gasteiger partial charge < -0.3 is 29.0 Å². The Morgan fingerprint density at radius 3 is 2.02 bits per heavy atom. The molecule has 0 aliphatic carbocycles. The molecule has 0 aromatic carbocycles. The Hall–Kier alpha value is -1.19. The highest BCUT2D eigenvalue weighted by Gasteiger charge is 2.47. The smallest absolute Gasteiger partial charge is 0.319 e. The number of likely N-dealkylation sites (N-methyl/N-ethyl adjacent to an activating group) is 2. The van der Waals surface area contributed by atoms with E-state index in [0.29, 0.717) is 51.7 Å². The molecule has 12 nitrogen and oxygen atoms in total. The largest absolute Gasteiger partial charge is 0.463 e. The summed E-state index contributed by atoms with van der Waals surface area (Å²) in [5, 5.41) is 11.2. The number of piperidine rings is 1. The quantitative estimate of drug-likeness (QED) is 0.305. The number of hydrogen-bond donors (Lipinski definition) is 1. The summed E-state index contributed by atoms with van der Waals surface area (Å²) in [6.07, 6.45) is 1.44. The van der Waals surface area contributed by atoms with Crippen molar-refractivity contribution >= 4 is 21.8 Å². The number of nitrogens with zero attached hydrogens (tertiary/aromatic N) is 3. The molecule has 3 heterocycles. The van der Waals surface area contributed by atoms with Gasteiger partial charge in [-0.15, -0.1) is 0 Å². The summed E-state index contributed by atoms with van der Waals surface area (Å²) in [4.78, 5) is 31.3. The Balaban J connectivity index is 0.00000363. The summed E-state index contributed by atoms with van der Waals surface area (Å²) >= 11 is 0. The molecule has 13 heteroatoms. The maximum absolute atomic E-state index is 13.8. The summed E-state index contributed by atoms with van der Waals surface area (Å²) in [5.41, 5.74) is -2.36. The van der Waals surface area contributed by atoms with E-state index in [1.807, 2.05) is 81.4 Å². The maximum atomic E-state index is 13.8. The first-order valence-corrected chi connectivity index (χ1v) is 20.3. The third-order valence-electron chi connectivity index (χ3n) is 9.95. The number of hydrogen-bond acceptors (Lipinski definition) is 11. The van der Waals surface area contributed by atoms with Crippen LogP contribution in [0.3, 0.4) is 0 Å². The number of methoxy groups -OCH3 is 1. The first-order chi connectivity index (χ1) is 22.9. The third-order valence-corrected chi connectivity index (χ3v) is 11.3. The zero-order chi connectivity index (χ0) is 38.3. The lowest BCUT2D eigenvalue weighted by Gasteiger charge is -2.45. The van der Waals surface area contributed by atoms with E-state index < -0.39 is 45.5 Å². The molecule has 3 fully saturated rings. The van der Waals surface area contributed by atoms with Gasteiger partial charge in [0, 0.05) is 38.7 Å². The molecule has 0 aromatic rings. The fourth-order valence-corrected chi connectivity index (χ4v) is 7.43. The second-order valence-corrected chi connectivity index (χ2v) is 15.7. The van der Waals surface area contributed by atoms with Gasteiger partial charge in [-0.1, -0.05) is 41.5 Å². The Morgan fingerprint density at radius 1 is 0.980 bits per heavy atom. The van der Waals surface area contributed by atoms with Crippen LogP contribution in [0.5, 0.6) is 0 Å². The number of aliphatic hydroxyl groups is 1. The average molecular weight is 724 g/mol. The van der Waals surface area contributed by atoms with Crippen molar-refractivity contribution in [3.05, 3.63) is 0 Å². The molecule has 0 aromatic heterocycles. The number of ether oxygens (including phenoxy) is 4. The Kier molecular flexibility index (Phi) is 21.5. The van der Waals surface area contributed by atoms with Crippen LogP contribution in [0, 0.1) is 11.3 Å². The molecule has 1 N–H and O–H groups in total. The number of sulfonamides is 1. The van der Waals surface area contributed by atoms with Crippen LogP contribution in [-0.2, 0) is 38.6 Å². The van der Waals surface area contributed by atoms with Gasteiger partial charge in [0.05, 0.1) is 24.1 Å². The van der Waals surface area contributed by atoms with Crippen molar-refractivity contribution in [2.75, 3.05) is 60.7 Å². The van der Waals surface area contributed by atoms with Crippen molar-refractivity contribution in [1.82, 2.24) is 14.1 Å². The van der Waals surface area contributed by atoms with E-state index in [1.54, 1.807) is 21.0 Å². The van der Waals surface area contributed by atoms with Crippen LogP contribution in [0.1, 0.15) is 108 Å². The molecule has 0 spiro atoms. The number of ketones is 1. The van der Waals surface area contributed by atoms with Crippen LogP contribution in [0.2, 0.25) is 0 Å². The van der Waals surface area contributed by atoms with E-state index in [1.165, 1.54) is 10.6 Å². The molecule has 3 aliphatic rings. The van der Waals surface area contributed by atoms with Crippen molar-refractivity contribution in [2.24, 2.45) is 11.3 Å². The van der Waals surface area contributed by atoms with Crippen LogP contribution >= 0.6 is 0 Å². The normalized spacial score (nSPS) is 32.8. The highest BCUT2D eigenvalue weighted by Crippen LogP contribution is 2.35. The lowest BCUT2D eigenvalue weighted by Crippen LogP contribution is -2.57. The lowest BCUT2D eigenvalue weighted by molar-refractivity contribution is -0.289. The van der Waals surface area contributed by atoms with Crippen LogP contribution in [0.4, 0.5) is 0 Å². The van der Waals surface area contributed by atoms with Gasteiger partial charge in [-0.25, -0.2) is 12.7 Å². The van der Waals surface area contributed by atoms with Crippen LogP contribution in [0.25, 0.3) is 0 Å². The SMILES string of the molecule is CC.CC.CC.CO[C@]1(C)CCCN(C)C(C2CCN(S(C)(=O)=O)CC2)COC(=O)C(C)(C)C(=O)C[C@H]1OC1OC(C)CC(N(C)C)[C@H]1O. The summed E-state index contributed by atoms with van der Waals surface area (Å²) < 4.78 is 50.0. The third kappa shape index (κ3) is 13.4. The second-order valence-electron chi connectivity index (χ2n) is 13.7. The first kappa shape index (κ1) is 47.8. The summed E-state index contributed by atoms with van der Waals surface area (Å²) in [5.74, 6) is -0.836. The molecule has 0 saturated carbocycles. The summed E-state index contributed by atoms with van der Waals surface area (Å²) in [6.45, 7) is 20.6. The Bertz CT molecular complexity index is 1070. The lowest BCUT2D eigenvalue weighted by atomic mass is 9.81. The zero-order valence-electron chi connectivity index (χ0n) is 33.6. The Morgan fingerprint density at radius 2 is 1.53 bits per heavy atom. The number of aliphatic hydroxyl groups excluding tert-OH is 1. The van der Waals surface area contributed by atoms with E-state index in [0.717, 1.165) is 0 Å². The fraction of sp³-hybridized carbons (Fsp3) is 0.944. The van der Waals surface area contributed by atoms with E-state index in [-0.39, 0.29) is 42.9 Å². The van der Waals surface area contributed by atoms with Gasteiger partial charge in [-0.05, 0) is 93.4 Å². The molecule has 0 amide bonds. The molecule has 3 saturated heterocycles. The molecule has 4 unspecified atom stereocenters. The van der Waals surface area contributed by atoms with E-state index in [9.17, 15) is 23.1 Å². The number of carbonyl (C=O) groups is 2. The minimum Gasteiger partial charge on any atom is -0.463 e. The molecule has 3 rings (SSSR count). The zero-order valence-corrected chi connectivity index (χ0v) is 34.4. The van der Waals surface area contributed by atoms with Gasteiger partial charge in [0.1, 0.15) is 18.1 Å². The number of rotatable bonds is 6. The highest BCUT2D eigenvalue weighted by atomic mass is 32.2. The van der Waals surface area contributed by atoms with Crippen LogP contribution < -0.4 is 0 Å². The minimum absolute atomic E-state index is 0.114. The van der Waals surface area contributed by atoms with Crippen molar-refractivity contribution in [2.45, 2.75) is 150 Å². The van der Waals surface area contributed by atoms with Gasteiger partial charge in [-0.3, -0.25) is 14.5 Å². The molecular formula is C36H73N3O9S. The van der Waals surface area contributed by atoms with Crippen molar-refractivity contribution in [3.63, 3.8) is 0 Å². The van der Waals surface area contributed by atoms with Gasteiger partial charge in [0.15, 0.2) is 12.1 Å². The van der Waals surface area contributed by atoms with E-state index in [2.05, 4.69) is 4.90 Å². The Labute approximate surface area is 299 Å². The molecule has 292 valence electrons. The predicted octanol–water partition coefficient (Wildman–Crippen LogP) is 4.58. The molecule has 3 aliphatic heterocycles. The number of esters is 1. The van der Waals surface area contributed by atoms with Gasteiger partial charge >= 0.3 is 5.97 Å². The topological polar surface area (TPSA) is 135 Å². The van der Waals surface area contributed by atoms with Crippen molar-refractivity contribution < 1.29 is 42.1 Å². The minimum atomic E-state index is -3.26. The van der Waals surface area contributed by atoms with Crippen molar-refractivity contribution in [1.29, 1.82) is 0 Å². The van der Waals surface area contributed by atoms with E-state index >= 15 is 0 Å². The van der Waals surface area contributed by atoms with E-state index in [4.69, 9.17) is 18.9 Å². The molecule has 0 bridgehead atoms. The average Bonchev–Trinajstić information content (AvgIpc) is 3.07. The van der Waals surface area contributed by atoms with Gasteiger partial charge in [0.25, 0.3) is 0 Å². The number of Topliss-reactive ketones (excluding diaryl/α,β-unsaturated/α-hetero) is 1. The monoisotopic (exact) mass is 724 g/mol. The molecule has 0 radical (unpaired) electrons. The van der Waals surface area contributed by atoms with Crippen LogP contribution in [-0.4, -0.2) is 142 Å². The van der Waals surface area contributed by atoms with Gasteiger partial charge in [-0.2, -0.15) is 0 Å². The summed E-state index contributed by atoms with van der Waals surface area (Å²) in [7, 11) is 4.12. The highest BCUT2D eigenvalue weighted by molar-refractivity contribution is 7.88. The van der Waals surface area contributed by atoms with Crippen LogP contribution in [0.15, 0.2) is 0 Å².